The predicted molar refractivity (Wildman–Crippen MR) is 76.3 cm³/mol. The third-order valence-electron chi connectivity index (χ3n) is 3.27. The smallest absolute Gasteiger partial charge is 0.326 e. The van der Waals surface area contributed by atoms with Crippen LogP contribution in [0.15, 0.2) is 28.7 Å². The molecule has 2 N–H and O–H groups in total. The molecule has 0 aromatic heterocycles. The molecule has 1 heterocycles. The third kappa shape index (κ3) is 4.05. The third-order valence-corrected chi connectivity index (χ3v) is 3.80. The van der Waals surface area contributed by atoms with Crippen molar-refractivity contribution < 1.29 is 19.4 Å². The molecule has 1 amide bonds. The molecule has 0 saturated carbocycles. The number of hydrogen-bond donors (Lipinski definition) is 2. The molecule has 1 aliphatic heterocycles. The van der Waals surface area contributed by atoms with Gasteiger partial charge in [0, 0.05) is 17.5 Å². The number of benzene rings is 1. The summed E-state index contributed by atoms with van der Waals surface area (Å²) in [6.07, 6.45) is 0.915. The van der Waals surface area contributed by atoms with Gasteiger partial charge in [0.15, 0.2) is 0 Å². The van der Waals surface area contributed by atoms with Crippen molar-refractivity contribution in [3.63, 3.8) is 0 Å². The number of nitrogens with one attached hydrogen (secondary N) is 1. The summed E-state index contributed by atoms with van der Waals surface area (Å²) in [5, 5.41) is 11.8. The van der Waals surface area contributed by atoms with Crippen LogP contribution in [0, 0.1) is 5.92 Å². The molecule has 0 spiro atoms. The quantitative estimate of drug-likeness (QED) is 0.852. The first-order valence-electron chi connectivity index (χ1n) is 6.41. The van der Waals surface area contributed by atoms with Crippen molar-refractivity contribution in [1.82, 2.24) is 5.32 Å². The fraction of sp³-hybridized carbons (Fsp3) is 0.429. The molecule has 1 saturated heterocycles. The largest absolute Gasteiger partial charge is 0.480 e. The van der Waals surface area contributed by atoms with Gasteiger partial charge in [-0.2, -0.15) is 0 Å². The minimum absolute atomic E-state index is 0.234. The zero-order valence-electron chi connectivity index (χ0n) is 10.8. The molecular formula is C14H16BrNO4. The number of aliphatic carboxylic acids is 1. The molecule has 0 unspecified atom stereocenters. The number of halogens is 1. The van der Waals surface area contributed by atoms with E-state index in [9.17, 15) is 14.7 Å². The fourth-order valence-corrected chi connectivity index (χ4v) is 2.35. The molecule has 1 fully saturated rings. The SMILES string of the molecule is O=C(N[C@H](Cc1ccc(Br)cc1)C(=O)O)[C@H]1CCOC1. The van der Waals surface area contributed by atoms with E-state index in [1.54, 1.807) is 0 Å². The van der Waals surface area contributed by atoms with Gasteiger partial charge in [-0.25, -0.2) is 4.79 Å². The first-order valence-corrected chi connectivity index (χ1v) is 7.21. The number of rotatable bonds is 5. The highest BCUT2D eigenvalue weighted by molar-refractivity contribution is 9.10. The Morgan fingerprint density at radius 2 is 2.10 bits per heavy atom. The van der Waals surface area contributed by atoms with E-state index < -0.39 is 12.0 Å². The highest BCUT2D eigenvalue weighted by Gasteiger charge is 2.28. The van der Waals surface area contributed by atoms with Crippen LogP contribution in [-0.4, -0.2) is 36.2 Å². The van der Waals surface area contributed by atoms with Crippen LogP contribution in [-0.2, 0) is 20.7 Å². The van der Waals surface area contributed by atoms with Crippen LogP contribution in [0.1, 0.15) is 12.0 Å². The minimum Gasteiger partial charge on any atom is -0.480 e. The van der Waals surface area contributed by atoms with Gasteiger partial charge < -0.3 is 15.2 Å². The highest BCUT2D eigenvalue weighted by atomic mass is 79.9. The number of ether oxygens (including phenoxy) is 1. The predicted octanol–water partition coefficient (Wildman–Crippen LogP) is 1.60. The number of carbonyl (C=O) groups excluding carboxylic acids is 1. The second-order valence-electron chi connectivity index (χ2n) is 4.79. The van der Waals surface area contributed by atoms with Crippen LogP contribution in [0.2, 0.25) is 0 Å². The van der Waals surface area contributed by atoms with Gasteiger partial charge in [-0.1, -0.05) is 28.1 Å². The van der Waals surface area contributed by atoms with Gasteiger partial charge in [-0.15, -0.1) is 0 Å². The minimum atomic E-state index is -1.03. The van der Waals surface area contributed by atoms with Crippen molar-refractivity contribution >= 4 is 27.8 Å². The van der Waals surface area contributed by atoms with Gasteiger partial charge in [-0.05, 0) is 24.1 Å². The average molecular weight is 342 g/mol. The van der Waals surface area contributed by atoms with Gasteiger partial charge in [0.05, 0.1) is 12.5 Å². The van der Waals surface area contributed by atoms with Crippen molar-refractivity contribution in [1.29, 1.82) is 0 Å². The normalized spacial score (nSPS) is 19.6. The summed E-state index contributed by atoms with van der Waals surface area (Å²) >= 11 is 3.33. The molecule has 108 valence electrons. The van der Waals surface area contributed by atoms with Crippen molar-refractivity contribution in [3.8, 4) is 0 Å². The fourth-order valence-electron chi connectivity index (χ4n) is 2.09. The Morgan fingerprint density at radius 3 is 2.65 bits per heavy atom. The lowest BCUT2D eigenvalue weighted by Crippen LogP contribution is -2.45. The van der Waals surface area contributed by atoms with Crippen molar-refractivity contribution in [2.24, 2.45) is 5.92 Å². The van der Waals surface area contributed by atoms with Crippen molar-refractivity contribution in [2.45, 2.75) is 18.9 Å². The van der Waals surface area contributed by atoms with E-state index in [2.05, 4.69) is 21.2 Å². The molecule has 1 aromatic carbocycles. The second-order valence-corrected chi connectivity index (χ2v) is 5.71. The highest BCUT2D eigenvalue weighted by Crippen LogP contribution is 2.14. The van der Waals surface area contributed by atoms with Gasteiger partial charge in [0.2, 0.25) is 5.91 Å². The monoisotopic (exact) mass is 341 g/mol. The van der Waals surface area contributed by atoms with Crippen LogP contribution >= 0.6 is 15.9 Å². The molecule has 2 rings (SSSR count). The number of hydrogen-bond acceptors (Lipinski definition) is 3. The number of carboxylic acids is 1. The van der Waals surface area contributed by atoms with Gasteiger partial charge in [0.1, 0.15) is 6.04 Å². The standard InChI is InChI=1S/C14H16BrNO4/c15-11-3-1-9(2-4-11)7-12(14(18)19)16-13(17)10-5-6-20-8-10/h1-4,10,12H,5-8H2,(H,16,17)(H,18,19)/t10-,12+/m0/s1. The Hall–Kier alpha value is -1.40. The average Bonchev–Trinajstić information content (AvgIpc) is 2.94. The summed E-state index contributed by atoms with van der Waals surface area (Å²) in [5.41, 5.74) is 0.864. The Labute approximate surface area is 125 Å². The molecule has 20 heavy (non-hydrogen) atoms. The van der Waals surface area contributed by atoms with E-state index in [1.807, 2.05) is 24.3 Å². The van der Waals surface area contributed by atoms with E-state index >= 15 is 0 Å². The molecule has 2 atom stereocenters. The molecule has 0 aliphatic carbocycles. The molecule has 6 heteroatoms. The summed E-state index contributed by atoms with van der Waals surface area (Å²) in [5.74, 6) is -1.51. The van der Waals surface area contributed by atoms with Gasteiger partial charge in [-0.3, -0.25) is 4.79 Å². The first-order chi connectivity index (χ1) is 9.56. The second kappa shape index (κ2) is 6.85. The van der Waals surface area contributed by atoms with E-state index in [1.165, 1.54) is 0 Å². The van der Waals surface area contributed by atoms with Crippen LogP contribution < -0.4 is 5.32 Å². The molecular weight excluding hydrogens is 326 g/mol. The maximum atomic E-state index is 11.9. The zero-order valence-corrected chi connectivity index (χ0v) is 12.4. The Morgan fingerprint density at radius 1 is 1.40 bits per heavy atom. The van der Waals surface area contributed by atoms with Crippen molar-refractivity contribution in [2.75, 3.05) is 13.2 Å². The summed E-state index contributed by atoms with van der Waals surface area (Å²) in [4.78, 5) is 23.2. The summed E-state index contributed by atoms with van der Waals surface area (Å²) in [6, 6.07) is 6.46. The number of carbonyl (C=O) groups is 2. The summed E-state index contributed by atoms with van der Waals surface area (Å²) in [7, 11) is 0. The Bertz CT molecular complexity index is 482. The number of amides is 1. The zero-order chi connectivity index (χ0) is 14.5. The Balaban J connectivity index is 1.98. The molecule has 0 bridgehead atoms. The maximum absolute atomic E-state index is 11.9. The molecule has 1 aliphatic rings. The summed E-state index contributed by atoms with van der Waals surface area (Å²) in [6.45, 7) is 0.930. The maximum Gasteiger partial charge on any atom is 0.326 e. The lowest BCUT2D eigenvalue weighted by molar-refractivity contribution is -0.142. The van der Waals surface area contributed by atoms with Gasteiger partial charge in [0.25, 0.3) is 0 Å². The lowest BCUT2D eigenvalue weighted by atomic mass is 10.0. The van der Waals surface area contributed by atoms with Crippen LogP contribution in [0.3, 0.4) is 0 Å². The molecule has 5 nitrogen and oxygen atoms in total. The summed E-state index contributed by atoms with van der Waals surface area (Å²) < 4.78 is 6.07. The topological polar surface area (TPSA) is 75.6 Å². The first kappa shape index (κ1) is 15.0. The molecule has 0 radical (unpaired) electrons. The van der Waals surface area contributed by atoms with E-state index in [-0.39, 0.29) is 18.2 Å². The van der Waals surface area contributed by atoms with E-state index in [0.29, 0.717) is 19.6 Å². The van der Waals surface area contributed by atoms with Crippen LogP contribution in [0.4, 0.5) is 0 Å². The number of carboxylic acid groups (broad SMARTS) is 1. The van der Waals surface area contributed by atoms with Crippen molar-refractivity contribution in [3.05, 3.63) is 34.3 Å². The Kier molecular flexibility index (Phi) is 5.14. The van der Waals surface area contributed by atoms with Crippen LogP contribution in [0.5, 0.6) is 0 Å². The van der Waals surface area contributed by atoms with Crippen LogP contribution in [0.25, 0.3) is 0 Å². The molecule has 1 aromatic rings. The van der Waals surface area contributed by atoms with Gasteiger partial charge >= 0.3 is 5.97 Å². The van der Waals surface area contributed by atoms with E-state index in [0.717, 1.165) is 10.0 Å². The lowest BCUT2D eigenvalue weighted by Gasteiger charge is -2.17. The van der Waals surface area contributed by atoms with E-state index in [4.69, 9.17) is 4.74 Å².